The smallest absolute Gasteiger partial charge is 0.314 e. The Morgan fingerprint density at radius 3 is 1.90 bits per heavy atom. The SMILES string of the molecule is N#C/C(=C(/N)C[n+]1ccccc1)[n+]1ccccc1.[Cl-].[Cl-]. The van der Waals surface area contributed by atoms with E-state index in [0.717, 1.165) is 0 Å². The molecular weight excluding hydrogens is 295 g/mol. The average Bonchev–Trinajstić information content (AvgIpc) is 2.42. The summed E-state index contributed by atoms with van der Waals surface area (Å²) < 4.78 is 3.65. The van der Waals surface area contributed by atoms with Crippen molar-refractivity contribution in [1.29, 1.82) is 5.26 Å². The molecule has 0 amide bonds. The molecule has 20 heavy (non-hydrogen) atoms. The molecule has 0 radical (unpaired) electrons. The first-order chi connectivity index (χ1) is 8.81. The Morgan fingerprint density at radius 1 is 0.900 bits per heavy atom. The standard InChI is InChI=1S/C14H14N4.2ClH/c15-11-14(18-9-5-2-6-10-18)13(16)12-17-7-3-1-4-8-17;;/h1-10H,12,16H2;2*1H/q+2;;/p-2/b14-13-;;. The zero-order valence-corrected chi connectivity index (χ0v) is 12.2. The minimum atomic E-state index is 0. The average molecular weight is 309 g/mol. The van der Waals surface area contributed by atoms with Gasteiger partial charge in [-0.1, -0.05) is 12.1 Å². The lowest BCUT2D eigenvalue weighted by molar-refractivity contribution is -0.690. The van der Waals surface area contributed by atoms with Crippen molar-refractivity contribution in [3.05, 3.63) is 66.9 Å². The lowest BCUT2D eigenvalue weighted by Gasteiger charge is -1.98. The van der Waals surface area contributed by atoms with Gasteiger partial charge in [-0.25, -0.2) is 0 Å². The number of pyridine rings is 2. The molecule has 0 fully saturated rings. The minimum Gasteiger partial charge on any atom is -1.00 e. The van der Waals surface area contributed by atoms with Gasteiger partial charge in [0.25, 0.3) is 0 Å². The summed E-state index contributed by atoms with van der Waals surface area (Å²) in [5, 5.41) is 9.21. The van der Waals surface area contributed by atoms with Crippen LogP contribution in [0.3, 0.4) is 0 Å². The summed E-state index contributed by atoms with van der Waals surface area (Å²) in [6, 6.07) is 13.6. The second-order valence-corrected chi connectivity index (χ2v) is 3.82. The summed E-state index contributed by atoms with van der Waals surface area (Å²) in [6.07, 6.45) is 7.44. The molecule has 0 saturated heterocycles. The Balaban J connectivity index is 0.00000180. The predicted octanol–water partition coefficient (Wildman–Crippen LogP) is -5.38. The van der Waals surface area contributed by atoms with Gasteiger partial charge in [0.2, 0.25) is 0 Å². The fraction of sp³-hybridized carbons (Fsp3) is 0.0714. The Hall–Kier alpha value is -2.09. The molecule has 0 saturated carbocycles. The number of halogens is 2. The fourth-order valence-corrected chi connectivity index (χ4v) is 1.65. The maximum absolute atomic E-state index is 9.21. The van der Waals surface area contributed by atoms with Gasteiger partial charge in [0.1, 0.15) is 0 Å². The van der Waals surface area contributed by atoms with Crippen molar-refractivity contribution in [2.24, 2.45) is 5.73 Å². The van der Waals surface area contributed by atoms with Crippen molar-refractivity contribution < 1.29 is 33.9 Å². The van der Waals surface area contributed by atoms with Crippen LogP contribution in [-0.2, 0) is 6.54 Å². The molecule has 6 heteroatoms. The number of nitrogens with zero attached hydrogens (tertiary/aromatic N) is 3. The highest BCUT2D eigenvalue weighted by Gasteiger charge is 2.16. The van der Waals surface area contributed by atoms with Gasteiger partial charge in [0, 0.05) is 24.3 Å². The van der Waals surface area contributed by atoms with Crippen LogP contribution in [0.2, 0.25) is 0 Å². The molecule has 0 aliphatic rings. The van der Waals surface area contributed by atoms with Crippen molar-refractivity contribution in [1.82, 2.24) is 0 Å². The van der Waals surface area contributed by atoms with Crippen molar-refractivity contribution in [3.8, 4) is 6.07 Å². The van der Waals surface area contributed by atoms with E-state index in [4.69, 9.17) is 5.73 Å². The lowest BCUT2D eigenvalue weighted by Crippen LogP contribution is -3.00. The molecular formula is C14H14Cl2N4. The van der Waals surface area contributed by atoms with E-state index in [0.29, 0.717) is 17.9 Å². The van der Waals surface area contributed by atoms with Crippen LogP contribution in [0.5, 0.6) is 0 Å². The molecule has 0 spiro atoms. The summed E-state index contributed by atoms with van der Waals surface area (Å²) in [6.45, 7) is 0.492. The molecule has 2 heterocycles. The summed E-state index contributed by atoms with van der Waals surface area (Å²) >= 11 is 0. The van der Waals surface area contributed by atoms with Gasteiger partial charge >= 0.3 is 5.70 Å². The first-order valence-corrected chi connectivity index (χ1v) is 5.61. The molecule has 0 aliphatic heterocycles. The van der Waals surface area contributed by atoms with Crippen LogP contribution in [0.25, 0.3) is 5.70 Å². The van der Waals surface area contributed by atoms with Gasteiger partial charge in [-0.15, -0.1) is 0 Å². The Kier molecular flexibility index (Phi) is 7.98. The maximum atomic E-state index is 9.21. The lowest BCUT2D eigenvalue weighted by atomic mass is 10.3. The highest BCUT2D eigenvalue weighted by molar-refractivity contribution is 5.53. The van der Waals surface area contributed by atoms with Crippen LogP contribution in [-0.4, -0.2) is 0 Å². The molecule has 2 N–H and O–H groups in total. The predicted molar refractivity (Wildman–Crippen MR) is 66.3 cm³/mol. The van der Waals surface area contributed by atoms with E-state index < -0.39 is 0 Å². The Morgan fingerprint density at radius 2 is 1.40 bits per heavy atom. The summed E-state index contributed by atoms with van der Waals surface area (Å²) in [4.78, 5) is 0. The number of nitriles is 1. The molecule has 0 aromatic carbocycles. The van der Waals surface area contributed by atoms with E-state index in [9.17, 15) is 5.26 Å². The van der Waals surface area contributed by atoms with Gasteiger partial charge in [-0.2, -0.15) is 14.4 Å². The van der Waals surface area contributed by atoms with Crippen molar-refractivity contribution in [3.63, 3.8) is 0 Å². The number of rotatable bonds is 3. The summed E-state index contributed by atoms with van der Waals surface area (Å²) in [5.74, 6) is 0. The normalized spacial score (nSPS) is 10.3. The van der Waals surface area contributed by atoms with Crippen LogP contribution >= 0.6 is 0 Å². The van der Waals surface area contributed by atoms with Gasteiger partial charge < -0.3 is 30.5 Å². The van der Waals surface area contributed by atoms with Crippen LogP contribution < -0.4 is 39.7 Å². The van der Waals surface area contributed by atoms with E-state index in [2.05, 4.69) is 6.07 Å². The summed E-state index contributed by atoms with van der Waals surface area (Å²) in [7, 11) is 0. The highest BCUT2D eigenvalue weighted by Crippen LogP contribution is 1.97. The van der Waals surface area contributed by atoms with Gasteiger partial charge in [0.15, 0.2) is 43.1 Å². The van der Waals surface area contributed by atoms with E-state index in [-0.39, 0.29) is 24.8 Å². The second-order valence-electron chi connectivity index (χ2n) is 3.82. The Bertz CT molecular complexity index is 592. The molecule has 0 aliphatic carbocycles. The van der Waals surface area contributed by atoms with Gasteiger partial charge in [-0.05, 0) is 0 Å². The number of aromatic nitrogens is 2. The van der Waals surface area contributed by atoms with Crippen LogP contribution in [0, 0.1) is 11.3 Å². The van der Waals surface area contributed by atoms with Gasteiger partial charge in [0.05, 0.1) is 0 Å². The topological polar surface area (TPSA) is 57.6 Å². The number of nitrogens with two attached hydrogens (primary N) is 1. The quantitative estimate of drug-likeness (QED) is 0.455. The van der Waals surface area contributed by atoms with E-state index >= 15 is 0 Å². The maximum Gasteiger partial charge on any atom is 0.314 e. The monoisotopic (exact) mass is 308 g/mol. The number of hydrogen-bond donors (Lipinski definition) is 1. The molecule has 104 valence electrons. The zero-order valence-electron chi connectivity index (χ0n) is 10.7. The first-order valence-electron chi connectivity index (χ1n) is 5.61. The van der Waals surface area contributed by atoms with E-state index in [1.54, 1.807) is 17.0 Å². The van der Waals surface area contributed by atoms with Crippen LogP contribution in [0.15, 0.2) is 66.9 Å². The molecule has 0 atom stereocenters. The minimum absolute atomic E-state index is 0. The molecule has 0 bridgehead atoms. The van der Waals surface area contributed by atoms with E-state index in [1.807, 2.05) is 53.4 Å². The zero-order chi connectivity index (χ0) is 12.8. The largest absolute Gasteiger partial charge is 1.00 e. The van der Waals surface area contributed by atoms with Crippen LogP contribution in [0.1, 0.15) is 0 Å². The highest BCUT2D eigenvalue weighted by atomic mass is 35.5. The fourth-order valence-electron chi connectivity index (χ4n) is 1.65. The third kappa shape index (κ3) is 4.54. The third-order valence-corrected chi connectivity index (χ3v) is 2.51. The first kappa shape index (κ1) is 17.9. The number of allylic oxidation sites excluding steroid dienone is 2. The third-order valence-electron chi connectivity index (χ3n) is 2.51. The summed E-state index contributed by atoms with van der Waals surface area (Å²) in [5.41, 5.74) is 6.99. The Labute approximate surface area is 130 Å². The number of hydrogen-bond acceptors (Lipinski definition) is 2. The molecule has 2 aromatic rings. The second kappa shape index (κ2) is 8.92. The molecule has 2 aromatic heterocycles. The molecule has 0 unspecified atom stereocenters. The van der Waals surface area contributed by atoms with Crippen molar-refractivity contribution in [2.45, 2.75) is 6.54 Å². The molecule has 2 rings (SSSR count). The van der Waals surface area contributed by atoms with Crippen molar-refractivity contribution in [2.75, 3.05) is 0 Å². The molecule has 4 nitrogen and oxygen atoms in total. The van der Waals surface area contributed by atoms with Gasteiger partial charge in [-0.3, -0.25) is 0 Å². The van der Waals surface area contributed by atoms with Crippen molar-refractivity contribution >= 4 is 5.70 Å². The van der Waals surface area contributed by atoms with E-state index in [1.165, 1.54) is 0 Å². The van der Waals surface area contributed by atoms with Crippen LogP contribution in [0.4, 0.5) is 0 Å².